The zero-order valence-electron chi connectivity index (χ0n) is 10.0. The number of nitrogens with zero attached hydrogens (tertiary/aromatic N) is 2. The maximum Gasteiger partial charge on any atom is 0.176 e. The fourth-order valence-electron chi connectivity index (χ4n) is 2.16. The van der Waals surface area contributed by atoms with Gasteiger partial charge >= 0.3 is 0 Å². The minimum Gasteiger partial charge on any atom is -0.410 e. The second-order valence-corrected chi connectivity index (χ2v) is 5.25. The summed E-state index contributed by atoms with van der Waals surface area (Å²) in [6.45, 7) is 0. The van der Waals surface area contributed by atoms with E-state index in [1.807, 2.05) is 17.5 Å². The standard InChI is InChI=1S/C12H17N3O2S/c16-14-11(10-7-4-8-18-10)12(15-17)13-9-5-2-1-3-6-9/h4,7-9,16-17H,1-3,5-6H2,(H,13,15)/b14-11-. The summed E-state index contributed by atoms with van der Waals surface area (Å²) in [6, 6.07) is 3.89. The van der Waals surface area contributed by atoms with E-state index >= 15 is 0 Å². The lowest BCUT2D eigenvalue weighted by atomic mass is 9.96. The average molecular weight is 267 g/mol. The average Bonchev–Trinajstić information content (AvgIpc) is 2.93. The minimum atomic E-state index is 0.199. The highest BCUT2D eigenvalue weighted by Gasteiger charge is 2.18. The Morgan fingerprint density at radius 3 is 2.67 bits per heavy atom. The smallest absolute Gasteiger partial charge is 0.176 e. The van der Waals surface area contributed by atoms with E-state index < -0.39 is 0 Å². The fourth-order valence-corrected chi connectivity index (χ4v) is 2.87. The zero-order chi connectivity index (χ0) is 12.8. The van der Waals surface area contributed by atoms with Gasteiger partial charge in [0.25, 0.3) is 0 Å². The Labute approximate surface area is 110 Å². The van der Waals surface area contributed by atoms with Crippen molar-refractivity contribution in [3.8, 4) is 0 Å². The molecule has 1 fully saturated rings. The summed E-state index contributed by atoms with van der Waals surface area (Å²) in [4.78, 5) is 5.22. The molecular formula is C12H17N3O2S. The van der Waals surface area contributed by atoms with Crippen molar-refractivity contribution in [2.24, 2.45) is 10.1 Å². The van der Waals surface area contributed by atoms with Crippen LogP contribution in [0.4, 0.5) is 0 Å². The van der Waals surface area contributed by atoms with Crippen LogP contribution in [0.5, 0.6) is 0 Å². The van der Waals surface area contributed by atoms with Crippen molar-refractivity contribution in [1.29, 1.82) is 0 Å². The zero-order valence-corrected chi connectivity index (χ0v) is 10.9. The second kappa shape index (κ2) is 6.51. The molecule has 0 aromatic carbocycles. The number of hydrogen-bond acceptors (Lipinski definition) is 5. The molecule has 0 bridgehead atoms. The maximum atomic E-state index is 9.19. The van der Waals surface area contributed by atoms with Crippen molar-refractivity contribution in [3.05, 3.63) is 22.4 Å². The predicted octanol–water partition coefficient (Wildman–Crippen LogP) is 2.64. The van der Waals surface area contributed by atoms with Gasteiger partial charge in [0.1, 0.15) is 0 Å². The molecular weight excluding hydrogens is 250 g/mol. The molecule has 0 atom stereocenters. The molecule has 1 aliphatic rings. The monoisotopic (exact) mass is 267 g/mol. The van der Waals surface area contributed by atoms with Crippen LogP contribution in [-0.2, 0) is 0 Å². The SMILES string of the molecule is O/N=C(\C(=NC1CCCCC1)NO)c1cccs1. The molecule has 5 nitrogen and oxygen atoms in total. The molecule has 3 N–H and O–H groups in total. The van der Waals surface area contributed by atoms with Crippen molar-refractivity contribution >= 4 is 22.9 Å². The summed E-state index contributed by atoms with van der Waals surface area (Å²) >= 11 is 1.44. The normalized spacial score (nSPS) is 18.9. The third kappa shape index (κ3) is 3.08. The molecule has 98 valence electrons. The van der Waals surface area contributed by atoms with Gasteiger partial charge in [-0.15, -0.1) is 11.3 Å². The molecule has 0 saturated heterocycles. The van der Waals surface area contributed by atoms with Crippen LogP contribution in [0.2, 0.25) is 0 Å². The van der Waals surface area contributed by atoms with E-state index in [1.54, 1.807) is 0 Å². The first-order valence-electron chi connectivity index (χ1n) is 6.09. The third-order valence-electron chi connectivity index (χ3n) is 3.07. The van der Waals surface area contributed by atoms with Gasteiger partial charge in [0.15, 0.2) is 11.5 Å². The molecule has 6 heteroatoms. The van der Waals surface area contributed by atoms with Gasteiger partial charge in [-0.3, -0.25) is 15.7 Å². The molecule has 2 rings (SSSR count). The Morgan fingerprint density at radius 1 is 1.33 bits per heavy atom. The van der Waals surface area contributed by atoms with E-state index in [0.717, 1.165) is 30.6 Å². The number of amidine groups is 1. The van der Waals surface area contributed by atoms with Gasteiger partial charge in [0, 0.05) is 0 Å². The first-order chi connectivity index (χ1) is 8.85. The maximum absolute atomic E-state index is 9.19. The number of thiophene rings is 1. The van der Waals surface area contributed by atoms with E-state index in [1.165, 1.54) is 17.8 Å². The van der Waals surface area contributed by atoms with Crippen LogP contribution in [0.25, 0.3) is 0 Å². The predicted molar refractivity (Wildman–Crippen MR) is 71.9 cm³/mol. The van der Waals surface area contributed by atoms with Crippen molar-refractivity contribution in [2.45, 2.75) is 38.1 Å². The Kier molecular flexibility index (Phi) is 4.72. The first kappa shape index (κ1) is 13.0. The third-order valence-corrected chi connectivity index (χ3v) is 3.95. The lowest BCUT2D eigenvalue weighted by molar-refractivity contribution is 0.234. The summed E-state index contributed by atoms with van der Waals surface area (Å²) in [5.74, 6) is 0.242. The van der Waals surface area contributed by atoms with E-state index in [4.69, 9.17) is 5.21 Å². The Bertz CT molecular complexity index is 423. The first-order valence-corrected chi connectivity index (χ1v) is 6.97. The highest BCUT2D eigenvalue weighted by Crippen LogP contribution is 2.21. The van der Waals surface area contributed by atoms with Crippen LogP contribution in [0.1, 0.15) is 37.0 Å². The molecule has 1 aromatic heterocycles. The highest BCUT2D eigenvalue weighted by atomic mass is 32.1. The van der Waals surface area contributed by atoms with Crippen LogP contribution in [0.15, 0.2) is 27.7 Å². The van der Waals surface area contributed by atoms with Crippen LogP contribution in [-0.4, -0.2) is 28.0 Å². The van der Waals surface area contributed by atoms with Crippen LogP contribution in [0.3, 0.4) is 0 Å². The number of nitrogens with one attached hydrogen (secondary N) is 1. The number of hydroxylamine groups is 1. The Hall–Kier alpha value is -1.40. The van der Waals surface area contributed by atoms with Crippen molar-refractivity contribution in [2.75, 3.05) is 0 Å². The summed E-state index contributed by atoms with van der Waals surface area (Å²) in [7, 11) is 0. The van der Waals surface area contributed by atoms with Crippen molar-refractivity contribution in [1.82, 2.24) is 5.48 Å². The molecule has 0 unspecified atom stereocenters. The van der Waals surface area contributed by atoms with Crippen LogP contribution in [0, 0.1) is 0 Å². The fraction of sp³-hybridized carbons (Fsp3) is 0.500. The van der Waals surface area contributed by atoms with Crippen molar-refractivity contribution in [3.63, 3.8) is 0 Å². The molecule has 18 heavy (non-hydrogen) atoms. The number of aliphatic imine (C=N–C) groups is 1. The number of rotatable bonds is 3. The summed E-state index contributed by atoms with van der Waals surface area (Å²) in [5, 5.41) is 23.4. The quantitative estimate of drug-likeness (QED) is 0.341. The van der Waals surface area contributed by atoms with Gasteiger partial charge in [-0.2, -0.15) is 0 Å². The molecule has 0 spiro atoms. The molecule has 1 saturated carbocycles. The summed E-state index contributed by atoms with van der Waals surface area (Å²) in [5.41, 5.74) is 2.34. The minimum absolute atomic E-state index is 0.199. The summed E-state index contributed by atoms with van der Waals surface area (Å²) in [6.07, 6.45) is 5.62. The van der Waals surface area contributed by atoms with Crippen LogP contribution < -0.4 is 5.48 Å². The van der Waals surface area contributed by atoms with Gasteiger partial charge in [0.2, 0.25) is 0 Å². The highest BCUT2D eigenvalue weighted by molar-refractivity contribution is 7.13. The second-order valence-electron chi connectivity index (χ2n) is 4.31. The molecule has 0 aliphatic heterocycles. The Morgan fingerprint density at radius 2 is 2.11 bits per heavy atom. The lowest BCUT2D eigenvalue weighted by Crippen LogP contribution is -2.31. The van der Waals surface area contributed by atoms with Gasteiger partial charge in [-0.1, -0.05) is 30.5 Å². The van der Waals surface area contributed by atoms with Gasteiger partial charge in [0.05, 0.1) is 10.9 Å². The molecule has 0 amide bonds. The molecule has 0 radical (unpaired) electrons. The van der Waals surface area contributed by atoms with Crippen LogP contribution >= 0.6 is 11.3 Å². The van der Waals surface area contributed by atoms with E-state index in [2.05, 4.69) is 15.6 Å². The molecule has 1 aromatic rings. The Balaban J connectivity index is 2.18. The number of hydrogen-bond donors (Lipinski definition) is 3. The topological polar surface area (TPSA) is 77.2 Å². The lowest BCUT2D eigenvalue weighted by Gasteiger charge is -2.18. The van der Waals surface area contributed by atoms with Crippen molar-refractivity contribution < 1.29 is 10.4 Å². The summed E-state index contributed by atoms with van der Waals surface area (Å²) < 4.78 is 0. The molecule has 1 aliphatic carbocycles. The molecule has 1 heterocycles. The van der Waals surface area contributed by atoms with Gasteiger partial charge < -0.3 is 5.21 Å². The van der Waals surface area contributed by atoms with E-state index in [9.17, 15) is 5.21 Å². The van der Waals surface area contributed by atoms with E-state index in [0.29, 0.717) is 0 Å². The van der Waals surface area contributed by atoms with E-state index in [-0.39, 0.29) is 17.6 Å². The number of oxime groups is 1. The van der Waals surface area contributed by atoms with Gasteiger partial charge in [-0.05, 0) is 24.3 Å². The van der Waals surface area contributed by atoms with Gasteiger partial charge in [-0.25, -0.2) is 0 Å². The largest absolute Gasteiger partial charge is 0.410 e.